The third-order valence-corrected chi connectivity index (χ3v) is 6.91. The molecule has 7 nitrogen and oxygen atoms in total. The number of nitrogens with zero attached hydrogens (tertiary/aromatic N) is 2. The lowest BCUT2D eigenvalue weighted by Gasteiger charge is -2.06. The van der Waals surface area contributed by atoms with E-state index in [9.17, 15) is 8.42 Å². The van der Waals surface area contributed by atoms with Gasteiger partial charge in [0.2, 0.25) is 5.82 Å². The summed E-state index contributed by atoms with van der Waals surface area (Å²) in [5, 5.41) is 5.69. The quantitative estimate of drug-likeness (QED) is 0.445. The predicted octanol–water partition coefficient (Wildman–Crippen LogP) is 4.78. The van der Waals surface area contributed by atoms with Crippen LogP contribution in [0.25, 0.3) is 23.5 Å². The van der Waals surface area contributed by atoms with Crippen molar-refractivity contribution in [2.45, 2.75) is 4.21 Å². The van der Waals surface area contributed by atoms with Crippen LogP contribution >= 0.6 is 11.3 Å². The van der Waals surface area contributed by atoms with Gasteiger partial charge in [-0.1, -0.05) is 23.4 Å². The van der Waals surface area contributed by atoms with Crippen molar-refractivity contribution < 1.29 is 17.7 Å². The minimum Gasteiger partial charge on any atom is -0.497 e. The van der Waals surface area contributed by atoms with Crippen LogP contribution in [-0.4, -0.2) is 25.7 Å². The molecular formula is C21H17N3O4S2. The fourth-order valence-corrected chi connectivity index (χ4v) is 4.66. The van der Waals surface area contributed by atoms with Gasteiger partial charge in [0.05, 0.1) is 7.11 Å². The molecule has 0 bridgehead atoms. The first kappa shape index (κ1) is 19.9. The molecule has 0 radical (unpaired) electrons. The number of rotatable bonds is 7. The van der Waals surface area contributed by atoms with Gasteiger partial charge < -0.3 is 9.26 Å². The summed E-state index contributed by atoms with van der Waals surface area (Å²) in [4.78, 5) is 4.35. The van der Waals surface area contributed by atoms with Crippen LogP contribution in [0, 0.1) is 0 Å². The molecule has 2 aromatic carbocycles. The van der Waals surface area contributed by atoms with E-state index in [2.05, 4.69) is 14.9 Å². The van der Waals surface area contributed by atoms with E-state index in [1.165, 1.54) is 0 Å². The van der Waals surface area contributed by atoms with Crippen LogP contribution in [0.2, 0.25) is 0 Å². The smallest absolute Gasteiger partial charge is 0.271 e. The normalized spacial score (nSPS) is 11.6. The summed E-state index contributed by atoms with van der Waals surface area (Å²) in [7, 11) is -1.96. The Morgan fingerprint density at radius 1 is 1.03 bits per heavy atom. The number of methoxy groups -OCH3 is 1. The Kier molecular flexibility index (Phi) is 5.64. The van der Waals surface area contributed by atoms with Crippen LogP contribution in [0.1, 0.15) is 11.5 Å². The van der Waals surface area contributed by atoms with Gasteiger partial charge in [-0.3, -0.25) is 4.72 Å². The van der Waals surface area contributed by atoms with Gasteiger partial charge in [0.25, 0.3) is 15.9 Å². The van der Waals surface area contributed by atoms with Gasteiger partial charge >= 0.3 is 0 Å². The van der Waals surface area contributed by atoms with Crippen molar-refractivity contribution in [3.05, 3.63) is 77.5 Å². The third kappa shape index (κ3) is 4.58. The lowest BCUT2D eigenvalue weighted by atomic mass is 10.2. The second-order valence-corrected chi connectivity index (χ2v) is 9.03. The van der Waals surface area contributed by atoms with Crippen LogP contribution in [0.3, 0.4) is 0 Å². The molecule has 2 heterocycles. The van der Waals surface area contributed by atoms with Crippen molar-refractivity contribution in [2.75, 3.05) is 11.8 Å². The minimum atomic E-state index is -3.58. The Hall–Kier alpha value is -3.43. The SMILES string of the molecule is COc1ccc(C=Cc2nc(-c3ccc(NS(=O)(=O)c4cccs4)cc3)no2)cc1. The van der Waals surface area contributed by atoms with Gasteiger partial charge in [0, 0.05) is 17.3 Å². The average molecular weight is 440 g/mol. The van der Waals surface area contributed by atoms with Gasteiger partial charge in [-0.2, -0.15) is 4.98 Å². The predicted molar refractivity (Wildman–Crippen MR) is 117 cm³/mol. The second kappa shape index (κ2) is 8.52. The molecule has 0 aliphatic rings. The summed E-state index contributed by atoms with van der Waals surface area (Å²) in [6, 6.07) is 17.6. The zero-order chi connectivity index (χ0) is 21.0. The number of aromatic nitrogens is 2. The molecule has 0 saturated carbocycles. The van der Waals surface area contributed by atoms with Crippen LogP contribution in [0.5, 0.6) is 5.75 Å². The first-order valence-electron chi connectivity index (χ1n) is 8.86. The molecule has 4 rings (SSSR count). The second-order valence-electron chi connectivity index (χ2n) is 6.18. The van der Waals surface area contributed by atoms with Crippen LogP contribution < -0.4 is 9.46 Å². The number of anilines is 1. The monoisotopic (exact) mass is 439 g/mol. The lowest BCUT2D eigenvalue weighted by molar-refractivity contribution is 0.411. The number of hydrogen-bond acceptors (Lipinski definition) is 7. The van der Waals surface area contributed by atoms with Crippen molar-refractivity contribution in [3.8, 4) is 17.1 Å². The Bertz CT molecular complexity index is 1240. The molecule has 0 spiro atoms. The fraction of sp³-hybridized carbons (Fsp3) is 0.0476. The van der Waals surface area contributed by atoms with E-state index in [0.29, 0.717) is 23.0 Å². The van der Waals surface area contributed by atoms with Gasteiger partial charge in [0.15, 0.2) is 0 Å². The molecule has 0 amide bonds. The number of thiophene rings is 1. The number of sulfonamides is 1. The molecule has 0 aliphatic heterocycles. The summed E-state index contributed by atoms with van der Waals surface area (Å²) in [5.74, 6) is 1.56. The van der Waals surface area contributed by atoms with Gasteiger partial charge in [-0.05, 0) is 59.5 Å². The first-order valence-corrected chi connectivity index (χ1v) is 11.2. The van der Waals surface area contributed by atoms with E-state index in [1.807, 2.05) is 30.3 Å². The van der Waals surface area contributed by atoms with Crippen LogP contribution in [0.4, 0.5) is 5.69 Å². The molecular weight excluding hydrogens is 422 g/mol. The van der Waals surface area contributed by atoms with E-state index >= 15 is 0 Å². The highest BCUT2D eigenvalue weighted by atomic mass is 32.2. The molecule has 0 aliphatic carbocycles. The average Bonchev–Trinajstić information content (AvgIpc) is 3.46. The Morgan fingerprint density at radius 3 is 2.47 bits per heavy atom. The molecule has 2 aromatic heterocycles. The van der Waals surface area contributed by atoms with E-state index in [1.54, 1.807) is 55.0 Å². The topological polar surface area (TPSA) is 94.3 Å². The molecule has 0 atom stereocenters. The molecule has 4 aromatic rings. The standard InChI is InChI=1S/C21H17N3O4S2/c1-27-18-11-4-15(5-12-18)6-13-19-22-21(23-28-19)16-7-9-17(10-8-16)24-30(25,26)20-3-2-14-29-20/h2-14,24H,1H3. The van der Waals surface area contributed by atoms with E-state index in [-0.39, 0.29) is 4.21 Å². The largest absolute Gasteiger partial charge is 0.497 e. The van der Waals surface area contributed by atoms with Crippen molar-refractivity contribution in [1.29, 1.82) is 0 Å². The Labute approximate surface area is 177 Å². The third-order valence-electron chi connectivity index (χ3n) is 4.13. The molecule has 1 N–H and O–H groups in total. The molecule has 152 valence electrons. The highest BCUT2D eigenvalue weighted by Gasteiger charge is 2.15. The molecule has 9 heteroatoms. The maximum absolute atomic E-state index is 12.3. The van der Waals surface area contributed by atoms with Gasteiger partial charge in [0.1, 0.15) is 9.96 Å². The van der Waals surface area contributed by atoms with Crippen molar-refractivity contribution in [2.24, 2.45) is 0 Å². The number of nitrogens with one attached hydrogen (secondary N) is 1. The molecule has 0 saturated heterocycles. The molecule has 0 fully saturated rings. The zero-order valence-corrected chi connectivity index (χ0v) is 17.5. The Morgan fingerprint density at radius 2 is 1.80 bits per heavy atom. The maximum atomic E-state index is 12.3. The lowest BCUT2D eigenvalue weighted by Crippen LogP contribution is -2.11. The summed E-state index contributed by atoms with van der Waals surface area (Å²) in [5.41, 5.74) is 2.13. The van der Waals surface area contributed by atoms with Crippen molar-refractivity contribution in [1.82, 2.24) is 10.1 Å². The van der Waals surface area contributed by atoms with Crippen molar-refractivity contribution in [3.63, 3.8) is 0 Å². The van der Waals surface area contributed by atoms with E-state index < -0.39 is 10.0 Å². The van der Waals surface area contributed by atoms with Crippen LogP contribution in [-0.2, 0) is 10.0 Å². The maximum Gasteiger partial charge on any atom is 0.271 e. The first-order chi connectivity index (χ1) is 14.5. The number of hydrogen-bond donors (Lipinski definition) is 1. The molecule has 30 heavy (non-hydrogen) atoms. The van der Waals surface area contributed by atoms with Crippen molar-refractivity contribution >= 4 is 39.2 Å². The Balaban J connectivity index is 1.45. The molecule has 0 unspecified atom stereocenters. The fourth-order valence-electron chi connectivity index (χ4n) is 2.61. The summed E-state index contributed by atoms with van der Waals surface area (Å²) >= 11 is 1.16. The number of benzene rings is 2. The van der Waals surface area contributed by atoms with E-state index in [4.69, 9.17) is 9.26 Å². The summed E-state index contributed by atoms with van der Waals surface area (Å²) < 4.78 is 37.8. The van der Waals surface area contributed by atoms with Crippen LogP contribution in [0.15, 0.2) is 74.8 Å². The number of ether oxygens (including phenoxy) is 1. The summed E-state index contributed by atoms with van der Waals surface area (Å²) in [6.07, 6.45) is 3.58. The highest BCUT2D eigenvalue weighted by molar-refractivity contribution is 7.94. The zero-order valence-electron chi connectivity index (χ0n) is 15.8. The minimum absolute atomic E-state index is 0.262. The summed E-state index contributed by atoms with van der Waals surface area (Å²) in [6.45, 7) is 0. The van der Waals surface area contributed by atoms with E-state index in [0.717, 1.165) is 22.6 Å². The van der Waals surface area contributed by atoms with Gasteiger partial charge in [-0.15, -0.1) is 11.3 Å². The van der Waals surface area contributed by atoms with Gasteiger partial charge in [-0.25, -0.2) is 8.42 Å². The highest BCUT2D eigenvalue weighted by Crippen LogP contribution is 2.23.